The third-order valence-electron chi connectivity index (χ3n) is 6.16. The van der Waals surface area contributed by atoms with Gasteiger partial charge in [0.25, 0.3) is 5.91 Å². The maximum atomic E-state index is 13.5. The van der Waals surface area contributed by atoms with Gasteiger partial charge in [-0.1, -0.05) is 6.07 Å². The predicted molar refractivity (Wildman–Crippen MR) is 174 cm³/mol. The molecule has 2 aromatic heterocycles. The number of imidazole rings is 1. The summed E-state index contributed by atoms with van der Waals surface area (Å²) in [6.07, 6.45) is 2.59. The lowest BCUT2D eigenvalue weighted by Gasteiger charge is -2.21. The van der Waals surface area contributed by atoms with Gasteiger partial charge in [0.2, 0.25) is 5.91 Å². The number of carbonyl (C=O) groups excluding carboxylic acids is 3. The van der Waals surface area contributed by atoms with Crippen LogP contribution in [-0.4, -0.2) is 71.2 Å². The quantitative estimate of drug-likeness (QED) is 0.0815. The summed E-state index contributed by atoms with van der Waals surface area (Å²) in [7, 11) is -1.26. The van der Waals surface area contributed by atoms with Crippen LogP contribution in [0.4, 0.5) is 11.5 Å². The fraction of sp³-hybridized carbons (Fsp3) is 0.267. The number of aryl methyl sites for hydroxylation is 1. The van der Waals surface area contributed by atoms with E-state index in [-0.39, 0.29) is 43.2 Å². The molecule has 0 saturated heterocycles. The molecule has 0 aliphatic heterocycles. The van der Waals surface area contributed by atoms with E-state index in [9.17, 15) is 14.4 Å². The Morgan fingerprint density at radius 2 is 1.71 bits per heavy atom. The van der Waals surface area contributed by atoms with Crippen molar-refractivity contribution < 1.29 is 32.8 Å². The Morgan fingerprint density at radius 3 is 2.31 bits per heavy atom. The normalized spacial score (nSPS) is 11.2. The van der Waals surface area contributed by atoms with Crippen LogP contribution in [-0.2, 0) is 27.9 Å². The smallest absolute Gasteiger partial charge is 0.307 e. The Hall–Kier alpha value is -4.83. The Bertz CT molecular complexity index is 1630. The van der Waals surface area contributed by atoms with Gasteiger partial charge in [-0.05, 0) is 61.5 Å². The van der Waals surface area contributed by atoms with Gasteiger partial charge in [0.05, 0.1) is 41.5 Å². The van der Waals surface area contributed by atoms with Gasteiger partial charge in [-0.3, -0.25) is 24.7 Å². The number of rotatable bonds is 10. The van der Waals surface area contributed by atoms with E-state index < -0.39 is 10.9 Å². The van der Waals surface area contributed by atoms with Crippen molar-refractivity contribution in [2.75, 3.05) is 29.6 Å². The number of fused-ring (bicyclic) bond motifs is 1. The summed E-state index contributed by atoms with van der Waals surface area (Å²) in [6.45, 7) is 3.94. The number of ether oxygens (including phenoxy) is 1. The molecule has 15 heteroatoms. The van der Waals surface area contributed by atoms with Crippen LogP contribution in [0.2, 0.25) is 0 Å². The number of hydrogen-bond donors (Lipinski definition) is 6. The number of amides is 2. The third-order valence-corrected chi connectivity index (χ3v) is 6.16. The molecule has 2 aromatic carbocycles. The van der Waals surface area contributed by atoms with Gasteiger partial charge in [-0.25, -0.2) is 9.97 Å². The van der Waals surface area contributed by atoms with Gasteiger partial charge < -0.3 is 33.6 Å². The monoisotopic (exact) mass is 639 g/mol. The molecule has 0 fully saturated rings. The van der Waals surface area contributed by atoms with Gasteiger partial charge in [0.15, 0.2) is 0 Å². The van der Waals surface area contributed by atoms with E-state index in [1.165, 1.54) is 11.8 Å². The standard InChI is InChI=1S/C29H31N7O4.CH6O3S/c1-4-40-27(38)14-16-36(25-7-5-6-15-31-25)29(39)21-10-13-24-23(17-21)34-26(35(24)3)18-32-22-11-8-20(9-12-22)28(30)33-19(2)37;1-5(2,3)4/h5-13,15,17,32H,4,14,16,18H2,1-3H3,(H2,30,33,37);2-4H,1H3. The highest BCUT2D eigenvalue weighted by molar-refractivity contribution is 8.18. The number of aromatic nitrogens is 3. The molecule has 0 aliphatic carbocycles. The molecular weight excluding hydrogens is 602 g/mol. The number of nitrogens with one attached hydrogen (secondary N) is 3. The largest absolute Gasteiger partial charge is 0.466 e. The zero-order valence-electron chi connectivity index (χ0n) is 25.4. The van der Waals surface area contributed by atoms with Crippen molar-refractivity contribution in [2.45, 2.75) is 26.8 Å². The minimum atomic E-state index is -3.17. The summed E-state index contributed by atoms with van der Waals surface area (Å²) in [5.74, 6) is 0.288. The molecule has 14 nitrogen and oxygen atoms in total. The third kappa shape index (κ3) is 10.7. The Kier molecular flexibility index (Phi) is 12.1. The highest BCUT2D eigenvalue weighted by Crippen LogP contribution is 2.25. The zero-order valence-corrected chi connectivity index (χ0v) is 26.2. The van der Waals surface area contributed by atoms with E-state index in [4.69, 9.17) is 28.8 Å². The van der Waals surface area contributed by atoms with Gasteiger partial charge >= 0.3 is 5.97 Å². The van der Waals surface area contributed by atoms with E-state index in [1.54, 1.807) is 55.6 Å². The van der Waals surface area contributed by atoms with Crippen LogP contribution < -0.4 is 15.5 Å². The fourth-order valence-electron chi connectivity index (χ4n) is 4.15. The number of amidine groups is 1. The lowest BCUT2D eigenvalue weighted by Crippen LogP contribution is -2.34. The van der Waals surface area contributed by atoms with Crippen LogP contribution in [0.25, 0.3) is 11.0 Å². The number of pyridine rings is 1. The van der Waals surface area contributed by atoms with Gasteiger partial charge in [-0.2, -0.15) is 0 Å². The van der Waals surface area contributed by atoms with Crippen molar-refractivity contribution in [3.63, 3.8) is 0 Å². The van der Waals surface area contributed by atoms with Crippen molar-refractivity contribution in [1.82, 2.24) is 19.9 Å². The Morgan fingerprint density at radius 1 is 1.04 bits per heavy atom. The highest BCUT2D eigenvalue weighted by atomic mass is 32.3. The Labute approximate surface area is 262 Å². The second-order valence-electron chi connectivity index (χ2n) is 9.77. The summed E-state index contributed by atoms with van der Waals surface area (Å²) in [4.78, 5) is 47.2. The Balaban J connectivity index is 0.00000102. The summed E-state index contributed by atoms with van der Waals surface area (Å²) in [6, 6.07) is 17.8. The average Bonchev–Trinajstić information content (AvgIpc) is 3.30. The number of carbonyl (C=O) groups is 3. The molecule has 2 amide bonds. The van der Waals surface area contributed by atoms with E-state index in [0.717, 1.165) is 23.3 Å². The first-order valence-corrected chi connectivity index (χ1v) is 15.7. The molecule has 4 rings (SSSR count). The number of anilines is 2. The minimum absolute atomic E-state index is 0.0438. The lowest BCUT2D eigenvalue weighted by molar-refractivity contribution is -0.142. The van der Waals surface area contributed by atoms with Crippen molar-refractivity contribution in [3.8, 4) is 0 Å². The summed E-state index contributed by atoms with van der Waals surface area (Å²) >= 11 is 0. The minimum Gasteiger partial charge on any atom is -0.466 e. The van der Waals surface area contributed by atoms with Crippen molar-refractivity contribution in [3.05, 3.63) is 83.8 Å². The SMILES string of the molecule is CCOC(=O)CCN(C(=O)c1ccc2c(c1)nc(CNc1ccc(C(=N)NC(C)=O)cc1)n2C)c1ccccn1.CS(O)(O)O. The molecule has 6 N–H and O–H groups in total. The van der Waals surface area contributed by atoms with Gasteiger partial charge in [-0.15, -0.1) is 0 Å². The van der Waals surface area contributed by atoms with Crippen LogP contribution in [0.15, 0.2) is 66.9 Å². The van der Waals surface area contributed by atoms with E-state index in [2.05, 4.69) is 15.6 Å². The molecule has 0 unspecified atom stereocenters. The number of nitrogens with zero attached hydrogens (tertiary/aromatic N) is 4. The van der Waals surface area contributed by atoms with Crippen molar-refractivity contribution in [1.29, 1.82) is 5.41 Å². The second kappa shape index (κ2) is 15.8. The number of esters is 1. The topological polar surface area (TPSA) is 203 Å². The molecule has 0 atom stereocenters. The lowest BCUT2D eigenvalue weighted by atomic mass is 10.1. The van der Waals surface area contributed by atoms with Crippen LogP contribution in [0.5, 0.6) is 0 Å². The van der Waals surface area contributed by atoms with E-state index >= 15 is 0 Å². The first kappa shape index (κ1) is 34.7. The highest BCUT2D eigenvalue weighted by Gasteiger charge is 2.21. The molecule has 2 heterocycles. The molecule has 240 valence electrons. The van der Waals surface area contributed by atoms with E-state index in [1.807, 2.05) is 29.8 Å². The molecule has 0 spiro atoms. The maximum Gasteiger partial charge on any atom is 0.307 e. The van der Waals surface area contributed by atoms with Gasteiger partial charge in [0, 0.05) is 49.8 Å². The first-order valence-electron chi connectivity index (χ1n) is 13.8. The molecule has 4 aromatic rings. The van der Waals surface area contributed by atoms with Gasteiger partial charge in [0.1, 0.15) is 17.5 Å². The summed E-state index contributed by atoms with van der Waals surface area (Å²) < 4.78 is 30.1. The molecule has 0 radical (unpaired) electrons. The van der Waals surface area contributed by atoms with E-state index in [0.29, 0.717) is 29.0 Å². The first-order chi connectivity index (χ1) is 21.3. The molecule has 45 heavy (non-hydrogen) atoms. The molecule has 0 aliphatic rings. The summed E-state index contributed by atoms with van der Waals surface area (Å²) in [5, 5.41) is 13.7. The van der Waals surface area contributed by atoms with Crippen LogP contribution >= 0.6 is 10.9 Å². The fourth-order valence-corrected chi connectivity index (χ4v) is 4.15. The number of benzene rings is 2. The molecule has 0 saturated carbocycles. The predicted octanol–water partition coefficient (Wildman–Crippen LogP) is 4.48. The second-order valence-corrected chi connectivity index (χ2v) is 11.4. The van der Waals surface area contributed by atoms with Crippen LogP contribution in [0.1, 0.15) is 42.0 Å². The molecule has 0 bridgehead atoms. The van der Waals surface area contributed by atoms with Crippen LogP contribution in [0, 0.1) is 5.41 Å². The summed E-state index contributed by atoms with van der Waals surface area (Å²) in [5.41, 5.74) is 3.38. The number of hydrogen-bond acceptors (Lipinski definition) is 11. The van der Waals surface area contributed by atoms with Crippen molar-refractivity contribution >= 4 is 57.0 Å². The average molecular weight is 640 g/mol. The zero-order chi connectivity index (χ0) is 33.1. The van der Waals surface area contributed by atoms with Crippen molar-refractivity contribution in [2.24, 2.45) is 7.05 Å². The molecular formula is C30H37N7O7S. The van der Waals surface area contributed by atoms with Crippen LogP contribution in [0.3, 0.4) is 0 Å². The maximum absolute atomic E-state index is 13.5.